The van der Waals surface area contributed by atoms with Gasteiger partial charge in [-0.2, -0.15) is 0 Å². The molecule has 0 heterocycles. The molecule has 0 fully saturated rings. The Morgan fingerprint density at radius 3 is 1.55 bits per heavy atom. The highest BCUT2D eigenvalue weighted by molar-refractivity contribution is 5.92. The third-order valence-corrected chi connectivity index (χ3v) is 1.44. The molecule has 0 spiro atoms. The molecule has 0 saturated heterocycles. The van der Waals surface area contributed by atoms with Crippen molar-refractivity contribution in [2.75, 3.05) is 6.54 Å². The summed E-state index contributed by atoms with van der Waals surface area (Å²) in [6.07, 6.45) is 0. The molecule has 0 aromatic carbocycles. The van der Waals surface area contributed by atoms with Crippen LogP contribution in [0.15, 0.2) is 12.1 Å². The third-order valence-electron chi connectivity index (χ3n) is 1.44. The molecule has 0 atom stereocenters. The van der Waals surface area contributed by atoms with E-state index in [-0.39, 0.29) is 11.5 Å². The zero-order valence-electron chi connectivity index (χ0n) is 6.33. The third kappa shape index (κ3) is 1.03. The zero-order chi connectivity index (χ0) is 8.43. The van der Waals surface area contributed by atoms with E-state index in [1.807, 2.05) is 6.92 Å². The van der Waals surface area contributed by atoms with Gasteiger partial charge in [0.1, 0.15) is 0 Å². The molecule has 2 aliphatic rings. The number of phenols is 2. The number of rotatable bonds is 0. The first-order valence-electron chi connectivity index (χ1n) is 3.47. The molecule has 0 bridgehead atoms. The lowest BCUT2D eigenvalue weighted by Crippen LogP contribution is -1.91. The van der Waals surface area contributed by atoms with Crippen LogP contribution in [0.3, 0.4) is 0 Å². The predicted octanol–water partition coefficient (Wildman–Crippen LogP) is 1.04. The maximum absolute atomic E-state index is 8.73. The number of hydrogen-bond donors (Lipinski definition) is 3. The smallest absolute Gasteiger partial charge is 0.166 e. The van der Waals surface area contributed by atoms with Crippen molar-refractivity contribution in [1.29, 1.82) is 0 Å². The van der Waals surface area contributed by atoms with Crippen molar-refractivity contribution in [1.82, 2.24) is 0 Å². The zero-order valence-corrected chi connectivity index (χ0v) is 6.33. The van der Waals surface area contributed by atoms with E-state index in [9.17, 15) is 0 Å². The lowest BCUT2D eigenvalue weighted by atomic mass is 9.90. The van der Waals surface area contributed by atoms with E-state index in [1.165, 1.54) is 0 Å². The molecule has 3 nitrogen and oxygen atoms in total. The van der Waals surface area contributed by atoms with E-state index in [0.29, 0.717) is 0 Å². The van der Waals surface area contributed by atoms with Crippen molar-refractivity contribution in [2.24, 2.45) is 5.73 Å². The Morgan fingerprint density at radius 2 is 1.45 bits per heavy atom. The van der Waals surface area contributed by atoms with Gasteiger partial charge in [0.2, 0.25) is 0 Å². The minimum Gasteiger partial charge on any atom is -0.504 e. The highest BCUT2D eigenvalue weighted by Gasteiger charge is 2.24. The monoisotopic (exact) mass is 153 g/mol. The molecule has 11 heavy (non-hydrogen) atoms. The molecule has 60 valence electrons. The Labute approximate surface area is 65.1 Å². The van der Waals surface area contributed by atoms with Gasteiger partial charge in [-0.05, 0) is 18.7 Å². The number of aromatic hydroxyl groups is 2. The lowest BCUT2D eigenvalue weighted by molar-refractivity contribution is 0.396. The van der Waals surface area contributed by atoms with Gasteiger partial charge in [0.05, 0.1) is 0 Å². The van der Waals surface area contributed by atoms with E-state index in [4.69, 9.17) is 15.9 Å². The lowest BCUT2D eigenvalue weighted by Gasteiger charge is -2.18. The van der Waals surface area contributed by atoms with E-state index in [0.717, 1.165) is 17.7 Å². The van der Waals surface area contributed by atoms with Crippen LogP contribution in [0.25, 0.3) is 11.1 Å². The summed E-state index contributed by atoms with van der Waals surface area (Å²) in [5, 5.41) is 17.5. The summed E-state index contributed by atoms with van der Waals surface area (Å²) < 4.78 is 0. The van der Waals surface area contributed by atoms with E-state index < -0.39 is 0 Å². The molecule has 4 N–H and O–H groups in total. The molecule has 0 saturated carbocycles. The second kappa shape index (κ2) is 2.80. The normalized spacial score (nSPS) is 10.0. The second-order valence-electron chi connectivity index (χ2n) is 2.27. The van der Waals surface area contributed by atoms with Gasteiger partial charge in [0, 0.05) is 11.1 Å². The number of hydrogen-bond acceptors (Lipinski definition) is 3. The summed E-state index contributed by atoms with van der Waals surface area (Å²) in [5.41, 5.74) is 6.44. The first-order valence-corrected chi connectivity index (χ1v) is 3.47. The van der Waals surface area contributed by atoms with Crippen LogP contribution in [0, 0.1) is 0 Å². The van der Waals surface area contributed by atoms with E-state index in [1.54, 1.807) is 12.1 Å². The van der Waals surface area contributed by atoms with Gasteiger partial charge < -0.3 is 15.9 Å². The number of fused-ring (bicyclic) bond motifs is 1. The Kier molecular flexibility index (Phi) is 2.01. The Morgan fingerprint density at radius 1 is 1.18 bits per heavy atom. The van der Waals surface area contributed by atoms with E-state index in [2.05, 4.69) is 0 Å². The molecule has 0 amide bonds. The van der Waals surface area contributed by atoms with Crippen molar-refractivity contribution >= 4 is 0 Å². The number of phenolic OH excluding ortho intramolecular Hbond substituents is 2. The summed E-state index contributed by atoms with van der Waals surface area (Å²) in [6.45, 7) is 2.65. The van der Waals surface area contributed by atoms with Gasteiger partial charge >= 0.3 is 0 Å². The summed E-state index contributed by atoms with van der Waals surface area (Å²) in [7, 11) is 0. The Hall–Kier alpha value is -1.22. The average Bonchev–Trinajstić information content (AvgIpc) is 1.87. The van der Waals surface area contributed by atoms with E-state index >= 15 is 0 Å². The first-order chi connectivity index (χ1) is 5.22. The topological polar surface area (TPSA) is 66.5 Å². The molecule has 0 aromatic heterocycles. The average molecular weight is 153 g/mol. The van der Waals surface area contributed by atoms with Crippen LogP contribution in [0.5, 0.6) is 11.5 Å². The summed E-state index contributed by atoms with van der Waals surface area (Å²) in [6, 6.07) is 3.54. The van der Waals surface area contributed by atoms with Gasteiger partial charge in [-0.25, -0.2) is 0 Å². The standard InChI is InChI=1S/C6H4O2.C2H7N/c7-5-3-1-2-4(3)6(5)8;1-2-3/h1-2,7-8H;2-3H2,1H3. The number of benzene rings is 1. The molecule has 2 rings (SSSR count). The van der Waals surface area contributed by atoms with Gasteiger partial charge in [-0.3, -0.25) is 0 Å². The first kappa shape index (κ1) is 7.88. The fraction of sp³-hybridized carbons (Fsp3) is 0.250. The van der Waals surface area contributed by atoms with Crippen molar-refractivity contribution in [3.63, 3.8) is 0 Å². The maximum Gasteiger partial charge on any atom is 0.166 e. The van der Waals surface area contributed by atoms with Crippen LogP contribution in [0.2, 0.25) is 0 Å². The van der Waals surface area contributed by atoms with Gasteiger partial charge in [-0.1, -0.05) is 6.92 Å². The molecular formula is C8H11NO2. The molecule has 0 radical (unpaired) electrons. The van der Waals surface area contributed by atoms with Crippen LogP contribution >= 0.6 is 0 Å². The predicted molar refractivity (Wildman–Crippen MR) is 43.5 cm³/mol. The summed E-state index contributed by atoms with van der Waals surface area (Å²) >= 11 is 0. The van der Waals surface area contributed by atoms with Gasteiger partial charge in [0.15, 0.2) is 11.5 Å². The molecular weight excluding hydrogens is 142 g/mol. The van der Waals surface area contributed by atoms with Gasteiger partial charge in [0.25, 0.3) is 0 Å². The van der Waals surface area contributed by atoms with Gasteiger partial charge in [-0.15, -0.1) is 0 Å². The quantitative estimate of drug-likeness (QED) is 0.495. The maximum atomic E-state index is 8.73. The summed E-state index contributed by atoms with van der Waals surface area (Å²) in [5.74, 6) is 0.0880. The molecule has 2 aliphatic carbocycles. The van der Waals surface area contributed by atoms with Crippen molar-refractivity contribution in [3.05, 3.63) is 12.1 Å². The minimum atomic E-state index is 0.0440. The van der Waals surface area contributed by atoms with Crippen molar-refractivity contribution in [2.45, 2.75) is 6.92 Å². The minimum absolute atomic E-state index is 0.0440. The summed E-state index contributed by atoms with van der Waals surface area (Å²) in [4.78, 5) is 0. The molecule has 0 aromatic rings. The molecule has 0 unspecified atom stereocenters. The highest BCUT2D eigenvalue weighted by Crippen LogP contribution is 2.53. The fourth-order valence-electron chi connectivity index (χ4n) is 0.856. The molecule has 0 aliphatic heterocycles. The van der Waals surface area contributed by atoms with Crippen LogP contribution in [0.4, 0.5) is 0 Å². The second-order valence-corrected chi connectivity index (χ2v) is 2.27. The fourth-order valence-corrected chi connectivity index (χ4v) is 0.856. The SMILES string of the molecule is CCN.Oc1c2ccc-2c1O. The number of nitrogens with two attached hydrogens (primary N) is 1. The van der Waals surface area contributed by atoms with Crippen LogP contribution in [0.1, 0.15) is 6.92 Å². The van der Waals surface area contributed by atoms with Crippen molar-refractivity contribution < 1.29 is 10.2 Å². The Bertz CT molecular complexity index is 244. The van der Waals surface area contributed by atoms with Crippen LogP contribution in [-0.2, 0) is 0 Å². The Balaban J connectivity index is 0.000000179. The van der Waals surface area contributed by atoms with Crippen LogP contribution < -0.4 is 5.73 Å². The van der Waals surface area contributed by atoms with Crippen LogP contribution in [-0.4, -0.2) is 16.8 Å². The largest absolute Gasteiger partial charge is 0.504 e. The van der Waals surface area contributed by atoms with Crippen molar-refractivity contribution in [3.8, 4) is 22.6 Å². The highest BCUT2D eigenvalue weighted by atomic mass is 16.3. The molecule has 3 heteroatoms.